The number of carbonyl (C=O) groups is 2. The highest BCUT2D eigenvalue weighted by Crippen LogP contribution is 2.31. The van der Waals surface area contributed by atoms with Crippen LogP contribution >= 0.6 is 11.6 Å². The Kier molecular flexibility index (Phi) is 5.51. The maximum atomic E-state index is 14.0. The Morgan fingerprint density at radius 2 is 2.06 bits per heavy atom. The molecule has 0 radical (unpaired) electrons. The minimum atomic E-state index is -0.890. The van der Waals surface area contributed by atoms with Crippen LogP contribution in [0.15, 0.2) is 29.2 Å². The number of benzene rings is 1. The van der Waals surface area contributed by atoms with Gasteiger partial charge in [-0.15, -0.1) is 0 Å². The van der Waals surface area contributed by atoms with E-state index in [2.05, 4.69) is 6.92 Å². The highest BCUT2D eigenvalue weighted by atomic mass is 35.5. The summed E-state index contributed by atoms with van der Waals surface area (Å²) in [7, 11) is 1.64. The van der Waals surface area contributed by atoms with Crippen LogP contribution in [0.2, 0.25) is 5.02 Å². The Morgan fingerprint density at radius 3 is 2.77 bits per heavy atom. The molecule has 3 heterocycles. The molecule has 9 heteroatoms. The Labute approximate surface area is 183 Å². The van der Waals surface area contributed by atoms with Crippen molar-refractivity contribution in [1.29, 1.82) is 0 Å². The fourth-order valence-electron chi connectivity index (χ4n) is 4.31. The molecule has 0 bridgehead atoms. The molecule has 0 unspecified atom stereocenters. The Bertz CT molecular complexity index is 1130. The Morgan fingerprint density at radius 1 is 1.32 bits per heavy atom. The third kappa shape index (κ3) is 3.69. The molecule has 0 spiro atoms. The number of rotatable bonds is 4. The third-order valence-electron chi connectivity index (χ3n) is 6.16. The maximum absolute atomic E-state index is 14.0. The molecule has 0 aliphatic carbocycles. The molecule has 1 fully saturated rings. The van der Waals surface area contributed by atoms with Gasteiger partial charge in [0.15, 0.2) is 17.2 Å². The number of pyridine rings is 1. The van der Waals surface area contributed by atoms with Crippen molar-refractivity contribution in [3.05, 3.63) is 62.3 Å². The first-order valence-electron chi connectivity index (χ1n) is 10.2. The molecule has 2 aliphatic heterocycles. The number of fused-ring (bicyclic) bond motifs is 3. The van der Waals surface area contributed by atoms with Crippen molar-refractivity contribution in [1.82, 2.24) is 9.58 Å². The van der Waals surface area contributed by atoms with Gasteiger partial charge in [-0.1, -0.05) is 24.6 Å². The summed E-state index contributed by atoms with van der Waals surface area (Å²) < 4.78 is 15.5. The Balaban J connectivity index is 1.68. The van der Waals surface area contributed by atoms with Crippen molar-refractivity contribution in [2.45, 2.75) is 38.8 Å². The predicted molar refractivity (Wildman–Crippen MR) is 114 cm³/mol. The van der Waals surface area contributed by atoms with Gasteiger partial charge in [-0.2, -0.15) is 0 Å². The first-order chi connectivity index (χ1) is 14.7. The number of carbonyl (C=O) groups excluding carboxylic acids is 2. The van der Waals surface area contributed by atoms with Crippen molar-refractivity contribution >= 4 is 23.3 Å². The number of nitrogens with zero attached hydrogens (tertiary/aromatic N) is 3. The van der Waals surface area contributed by atoms with Crippen molar-refractivity contribution in [2.24, 2.45) is 5.92 Å². The van der Waals surface area contributed by atoms with Crippen LogP contribution in [-0.2, 0) is 6.42 Å². The van der Waals surface area contributed by atoms with Crippen LogP contribution in [0.25, 0.3) is 0 Å². The fraction of sp³-hybridized carbons (Fsp3) is 0.409. The van der Waals surface area contributed by atoms with E-state index in [9.17, 15) is 23.9 Å². The lowest BCUT2D eigenvalue weighted by molar-refractivity contribution is 0.0557. The smallest absolute Gasteiger partial charge is 0.277 e. The molecular formula is C22H23ClFN3O4. The summed E-state index contributed by atoms with van der Waals surface area (Å²) in [6, 6.07) is 4.19. The van der Waals surface area contributed by atoms with Crippen molar-refractivity contribution < 1.29 is 19.1 Å². The summed E-state index contributed by atoms with van der Waals surface area (Å²) in [6.07, 6.45) is 2.69. The quantitative estimate of drug-likeness (QED) is 0.729. The number of ketones is 1. The van der Waals surface area contributed by atoms with E-state index in [1.807, 2.05) is 5.01 Å². The topological polar surface area (TPSA) is 82.8 Å². The fourth-order valence-corrected chi connectivity index (χ4v) is 4.47. The lowest BCUT2D eigenvalue weighted by Gasteiger charge is -2.49. The first-order valence-corrected chi connectivity index (χ1v) is 10.6. The van der Waals surface area contributed by atoms with Crippen LogP contribution in [0.3, 0.4) is 0 Å². The number of aromatic hydroxyl groups is 1. The number of aryl methyl sites for hydroxylation is 1. The van der Waals surface area contributed by atoms with E-state index in [0.29, 0.717) is 18.0 Å². The van der Waals surface area contributed by atoms with Crippen molar-refractivity contribution in [3.8, 4) is 5.75 Å². The zero-order valence-electron chi connectivity index (χ0n) is 17.3. The Hall–Kier alpha value is -2.87. The molecule has 1 aromatic heterocycles. The van der Waals surface area contributed by atoms with Gasteiger partial charge in [-0.3, -0.25) is 24.1 Å². The molecule has 1 amide bonds. The van der Waals surface area contributed by atoms with Gasteiger partial charge < -0.3 is 10.0 Å². The van der Waals surface area contributed by atoms with Crippen LogP contribution < -0.4 is 10.4 Å². The van der Waals surface area contributed by atoms with Crippen molar-refractivity contribution in [2.75, 3.05) is 18.6 Å². The summed E-state index contributed by atoms with van der Waals surface area (Å²) in [5, 5.41) is 12.7. The number of hydrogen-bond donors (Lipinski definition) is 1. The lowest BCUT2D eigenvalue weighted by atomic mass is 9.95. The molecule has 1 N–H and O–H groups in total. The molecule has 1 aromatic carbocycles. The van der Waals surface area contributed by atoms with Crippen molar-refractivity contribution in [3.63, 3.8) is 0 Å². The highest BCUT2D eigenvalue weighted by Gasteiger charge is 2.41. The van der Waals surface area contributed by atoms with Crippen LogP contribution in [0, 0.1) is 11.7 Å². The monoisotopic (exact) mass is 447 g/mol. The third-order valence-corrected chi connectivity index (χ3v) is 6.39. The largest absolute Gasteiger partial charge is 0.502 e. The highest BCUT2D eigenvalue weighted by molar-refractivity contribution is 6.30. The second-order valence-electron chi connectivity index (χ2n) is 8.26. The van der Waals surface area contributed by atoms with Gasteiger partial charge in [-0.05, 0) is 42.9 Å². The summed E-state index contributed by atoms with van der Waals surface area (Å²) in [4.78, 5) is 39.9. The molecule has 2 aromatic rings. The second kappa shape index (κ2) is 8.00. The molecule has 2 aliphatic rings. The first kappa shape index (κ1) is 21.4. The molecule has 31 heavy (non-hydrogen) atoms. The van der Waals surface area contributed by atoms with Gasteiger partial charge in [0.05, 0.1) is 5.56 Å². The summed E-state index contributed by atoms with van der Waals surface area (Å²) >= 11 is 5.75. The van der Waals surface area contributed by atoms with Gasteiger partial charge >= 0.3 is 0 Å². The molecule has 2 atom stereocenters. The van der Waals surface area contributed by atoms with Gasteiger partial charge in [0.2, 0.25) is 5.43 Å². The normalized spacial score (nSPS) is 20.5. The van der Waals surface area contributed by atoms with E-state index >= 15 is 0 Å². The van der Waals surface area contributed by atoms with Gasteiger partial charge in [0.1, 0.15) is 12.0 Å². The van der Waals surface area contributed by atoms with E-state index in [1.165, 1.54) is 34.0 Å². The van der Waals surface area contributed by atoms with Crippen LogP contribution in [-0.4, -0.2) is 46.1 Å². The summed E-state index contributed by atoms with van der Waals surface area (Å²) in [6.45, 7) is 2.72. The molecule has 164 valence electrons. The molecular weight excluding hydrogens is 425 g/mol. The summed E-state index contributed by atoms with van der Waals surface area (Å²) in [5.74, 6) is -1.84. The minimum Gasteiger partial charge on any atom is -0.502 e. The van der Waals surface area contributed by atoms with Gasteiger partial charge in [0, 0.05) is 31.2 Å². The molecule has 1 saturated heterocycles. The lowest BCUT2D eigenvalue weighted by Crippen LogP contribution is -2.62. The predicted octanol–water partition coefficient (Wildman–Crippen LogP) is 2.94. The van der Waals surface area contributed by atoms with Crippen LogP contribution in [0.1, 0.15) is 52.6 Å². The van der Waals surface area contributed by atoms with Crippen LogP contribution in [0.4, 0.5) is 4.39 Å². The summed E-state index contributed by atoms with van der Waals surface area (Å²) in [5.41, 5.74) is -0.940. The minimum absolute atomic E-state index is 0.0787. The zero-order valence-corrected chi connectivity index (χ0v) is 18.0. The average molecular weight is 448 g/mol. The molecule has 4 rings (SSSR count). The van der Waals surface area contributed by atoms with E-state index in [-0.39, 0.29) is 35.3 Å². The second-order valence-corrected chi connectivity index (χ2v) is 8.70. The number of aromatic nitrogens is 1. The number of amides is 1. The number of Topliss-reactive ketones (excluding diaryl/α,β-unsaturated/α-hetero) is 1. The number of piperidine rings is 1. The van der Waals surface area contributed by atoms with E-state index in [4.69, 9.17) is 11.6 Å². The van der Waals surface area contributed by atoms with E-state index in [1.54, 1.807) is 7.05 Å². The van der Waals surface area contributed by atoms with E-state index < -0.39 is 28.7 Å². The molecule has 7 nitrogen and oxygen atoms in total. The standard InChI is InChI=1S/C22H23ClFN3O4/c1-12-7-8-26-18(9-12)25(2)22(31)19-21(30)20(29)15(11-27(19)26)17(28)6-4-13-3-5-14(23)10-16(13)24/h3,5,10-12,18,30H,4,6-9H2,1-2H3/t12-,18+/m1/s1. The SMILES string of the molecule is C[C@@H]1CCN2[C@@H](C1)N(C)C(=O)c1c(O)c(=O)c(C(=O)CCc3ccc(Cl)cc3F)cn12. The number of halogens is 2. The van der Waals surface area contributed by atoms with Gasteiger partial charge in [-0.25, -0.2) is 4.39 Å². The van der Waals surface area contributed by atoms with E-state index in [0.717, 1.165) is 12.8 Å². The van der Waals surface area contributed by atoms with Crippen LogP contribution in [0.5, 0.6) is 5.75 Å². The maximum Gasteiger partial charge on any atom is 0.277 e. The number of hydrogen-bond acceptors (Lipinski definition) is 5. The van der Waals surface area contributed by atoms with Gasteiger partial charge in [0.25, 0.3) is 5.91 Å². The zero-order chi connectivity index (χ0) is 22.4. The molecule has 0 saturated carbocycles. The average Bonchev–Trinajstić information content (AvgIpc) is 2.73.